The highest BCUT2D eigenvalue weighted by atomic mass is 32.2. The van der Waals surface area contributed by atoms with E-state index in [0.29, 0.717) is 17.8 Å². The summed E-state index contributed by atoms with van der Waals surface area (Å²) >= 11 is 0. The van der Waals surface area contributed by atoms with Gasteiger partial charge in [0.1, 0.15) is 6.54 Å². The standard InChI is InChI=1S/C15H21N3O3S/c1-4-5-9-17(2)15(19)12-18(22(3,20)21)14-8-6-7-13(10-14)11-16/h6-8,10H,4-5,9,12H2,1-3H3. The molecule has 1 rings (SSSR count). The SMILES string of the molecule is CCCCN(C)C(=O)CN(c1cccc(C#N)c1)S(C)(=O)=O. The van der Waals surface area contributed by atoms with Gasteiger partial charge < -0.3 is 4.90 Å². The number of carbonyl (C=O) groups is 1. The van der Waals surface area contributed by atoms with Gasteiger partial charge in [-0.1, -0.05) is 19.4 Å². The molecule has 0 N–H and O–H groups in total. The van der Waals surface area contributed by atoms with Crippen molar-refractivity contribution in [2.75, 3.05) is 30.7 Å². The number of sulfonamides is 1. The van der Waals surface area contributed by atoms with E-state index < -0.39 is 10.0 Å². The van der Waals surface area contributed by atoms with Crippen molar-refractivity contribution in [3.63, 3.8) is 0 Å². The second-order valence-electron chi connectivity index (χ2n) is 5.10. The molecular formula is C15H21N3O3S. The molecule has 0 spiro atoms. The molecule has 1 aromatic carbocycles. The lowest BCUT2D eigenvalue weighted by Gasteiger charge is -2.25. The van der Waals surface area contributed by atoms with Crippen molar-refractivity contribution in [2.24, 2.45) is 0 Å². The van der Waals surface area contributed by atoms with E-state index >= 15 is 0 Å². The maximum Gasteiger partial charge on any atom is 0.243 e. The van der Waals surface area contributed by atoms with Crippen LogP contribution in [0.4, 0.5) is 5.69 Å². The van der Waals surface area contributed by atoms with Crippen molar-refractivity contribution in [3.05, 3.63) is 29.8 Å². The predicted octanol–water partition coefficient (Wildman–Crippen LogP) is 1.58. The first kappa shape index (κ1) is 18.0. The molecule has 0 aromatic heterocycles. The third-order valence-electron chi connectivity index (χ3n) is 3.22. The monoisotopic (exact) mass is 323 g/mol. The number of nitrogens with zero attached hydrogens (tertiary/aromatic N) is 3. The second kappa shape index (κ2) is 7.80. The lowest BCUT2D eigenvalue weighted by atomic mass is 10.2. The number of unbranched alkanes of at least 4 members (excludes halogenated alkanes) is 1. The largest absolute Gasteiger partial charge is 0.344 e. The zero-order chi connectivity index (χ0) is 16.8. The molecule has 0 aliphatic carbocycles. The number of benzene rings is 1. The summed E-state index contributed by atoms with van der Waals surface area (Å²) in [6.07, 6.45) is 2.87. The lowest BCUT2D eigenvalue weighted by molar-refractivity contribution is -0.128. The molecule has 6 nitrogen and oxygen atoms in total. The average Bonchev–Trinajstić information content (AvgIpc) is 2.48. The van der Waals surface area contributed by atoms with Gasteiger partial charge in [-0.3, -0.25) is 9.10 Å². The van der Waals surface area contributed by atoms with Gasteiger partial charge in [-0.05, 0) is 24.6 Å². The zero-order valence-corrected chi connectivity index (χ0v) is 13.9. The minimum Gasteiger partial charge on any atom is -0.344 e. The topological polar surface area (TPSA) is 81.5 Å². The van der Waals surface area contributed by atoms with Crippen LogP contribution in [0.25, 0.3) is 0 Å². The first-order valence-corrected chi connectivity index (χ1v) is 8.86. The quantitative estimate of drug-likeness (QED) is 0.763. The number of hydrogen-bond acceptors (Lipinski definition) is 4. The molecule has 7 heteroatoms. The van der Waals surface area contributed by atoms with Gasteiger partial charge in [-0.25, -0.2) is 8.42 Å². The third kappa shape index (κ3) is 5.04. The summed E-state index contributed by atoms with van der Waals surface area (Å²) in [6.45, 7) is 2.34. The van der Waals surface area contributed by atoms with Crippen LogP contribution in [0.5, 0.6) is 0 Å². The highest BCUT2D eigenvalue weighted by molar-refractivity contribution is 7.92. The van der Waals surface area contributed by atoms with Gasteiger partial charge in [0, 0.05) is 13.6 Å². The van der Waals surface area contributed by atoms with Gasteiger partial charge in [0.25, 0.3) is 0 Å². The van der Waals surface area contributed by atoms with Crippen molar-refractivity contribution < 1.29 is 13.2 Å². The Labute approximate surface area is 132 Å². The normalized spacial score (nSPS) is 10.8. The van der Waals surface area contributed by atoms with Crippen LogP contribution < -0.4 is 4.31 Å². The van der Waals surface area contributed by atoms with Crippen LogP contribution in [0.2, 0.25) is 0 Å². The van der Waals surface area contributed by atoms with Crippen LogP contribution in [0.1, 0.15) is 25.3 Å². The van der Waals surface area contributed by atoms with Crippen LogP contribution in [-0.2, 0) is 14.8 Å². The first-order valence-electron chi connectivity index (χ1n) is 7.01. The van der Waals surface area contributed by atoms with E-state index in [-0.39, 0.29) is 12.5 Å². The maximum atomic E-state index is 12.2. The van der Waals surface area contributed by atoms with Crippen LogP contribution in [0.15, 0.2) is 24.3 Å². The first-order chi connectivity index (χ1) is 10.3. The highest BCUT2D eigenvalue weighted by Gasteiger charge is 2.22. The van der Waals surface area contributed by atoms with E-state index in [9.17, 15) is 13.2 Å². The van der Waals surface area contributed by atoms with Crippen LogP contribution in [0.3, 0.4) is 0 Å². The molecule has 0 atom stereocenters. The summed E-state index contributed by atoms with van der Waals surface area (Å²) in [4.78, 5) is 13.7. The predicted molar refractivity (Wildman–Crippen MR) is 85.9 cm³/mol. The Hall–Kier alpha value is -2.07. The Morgan fingerprint density at radius 3 is 2.59 bits per heavy atom. The van der Waals surface area contributed by atoms with Crippen molar-refractivity contribution in [1.82, 2.24) is 4.90 Å². The lowest BCUT2D eigenvalue weighted by Crippen LogP contribution is -2.41. The van der Waals surface area contributed by atoms with Crippen molar-refractivity contribution in [3.8, 4) is 6.07 Å². The van der Waals surface area contributed by atoms with Gasteiger partial charge in [-0.2, -0.15) is 5.26 Å². The van der Waals surface area contributed by atoms with E-state index in [2.05, 4.69) is 0 Å². The Morgan fingerprint density at radius 1 is 1.36 bits per heavy atom. The Morgan fingerprint density at radius 2 is 2.05 bits per heavy atom. The summed E-state index contributed by atoms with van der Waals surface area (Å²) in [5.41, 5.74) is 0.664. The molecule has 0 bridgehead atoms. The van der Waals surface area contributed by atoms with Gasteiger partial charge in [0.2, 0.25) is 15.9 Å². The van der Waals surface area contributed by atoms with Crippen LogP contribution in [0, 0.1) is 11.3 Å². The molecule has 22 heavy (non-hydrogen) atoms. The summed E-state index contributed by atoms with van der Waals surface area (Å²) in [7, 11) is -1.96. The number of amides is 1. The fourth-order valence-electron chi connectivity index (χ4n) is 1.89. The van der Waals surface area contributed by atoms with Gasteiger partial charge in [0.05, 0.1) is 23.6 Å². The fraction of sp³-hybridized carbons (Fsp3) is 0.467. The Bertz CT molecular complexity index is 665. The van der Waals surface area contributed by atoms with E-state index in [4.69, 9.17) is 5.26 Å². The highest BCUT2D eigenvalue weighted by Crippen LogP contribution is 2.19. The number of hydrogen-bond donors (Lipinski definition) is 0. The molecule has 120 valence electrons. The van der Waals surface area contributed by atoms with Gasteiger partial charge in [-0.15, -0.1) is 0 Å². The van der Waals surface area contributed by atoms with E-state index in [1.165, 1.54) is 11.0 Å². The number of rotatable bonds is 7. The minimum absolute atomic E-state index is 0.270. The number of carbonyl (C=O) groups excluding carboxylic acids is 1. The molecule has 0 radical (unpaired) electrons. The van der Waals surface area contributed by atoms with E-state index in [0.717, 1.165) is 23.4 Å². The zero-order valence-electron chi connectivity index (χ0n) is 13.1. The van der Waals surface area contributed by atoms with Gasteiger partial charge >= 0.3 is 0 Å². The Balaban J connectivity index is 3.00. The number of anilines is 1. The minimum atomic E-state index is -3.62. The van der Waals surface area contributed by atoms with Crippen LogP contribution in [-0.4, -0.2) is 45.6 Å². The Kier molecular flexibility index (Phi) is 6.38. The second-order valence-corrected chi connectivity index (χ2v) is 7.01. The van der Waals surface area contributed by atoms with Crippen LogP contribution >= 0.6 is 0 Å². The average molecular weight is 323 g/mol. The summed E-state index contributed by atoms with van der Waals surface area (Å²) in [5.74, 6) is -0.277. The van der Waals surface area contributed by atoms with Crippen molar-refractivity contribution in [2.45, 2.75) is 19.8 Å². The molecule has 0 aliphatic rings. The van der Waals surface area contributed by atoms with Gasteiger partial charge in [0.15, 0.2) is 0 Å². The van der Waals surface area contributed by atoms with E-state index in [1.54, 1.807) is 25.2 Å². The molecule has 1 amide bonds. The maximum absolute atomic E-state index is 12.2. The molecule has 0 unspecified atom stereocenters. The molecule has 0 aliphatic heterocycles. The molecule has 0 fully saturated rings. The smallest absolute Gasteiger partial charge is 0.243 e. The summed E-state index contributed by atoms with van der Waals surface area (Å²) < 4.78 is 25.0. The fourth-order valence-corrected chi connectivity index (χ4v) is 2.74. The number of likely N-dealkylation sites (N-methyl/N-ethyl adjacent to an activating group) is 1. The van der Waals surface area contributed by atoms with Crippen molar-refractivity contribution >= 4 is 21.6 Å². The molecule has 0 saturated carbocycles. The summed E-state index contributed by atoms with van der Waals surface area (Å²) in [6, 6.07) is 8.17. The number of nitriles is 1. The molecular weight excluding hydrogens is 302 g/mol. The molecule has 1 aromatic rings. The molecule has 0 saturated heterocycles. The molecule has 0 heterocycles. The van der Waals surface area contributed by atoms with E-state index in [1.807, 2.05) is 13.0 Å². The van der Waals surface area contributed by atoms with Crippen molar-refractivity contribution in [1.29, 1.82) is 5.26 Å². The summed E-state index contributed by atoms with van der Waals surface area (Å²) in [5, 5.41) is 8.92. The third-order valence-corrected chi connectivity index (χ3v) is 4.36.